The zero-order valence-electron chi connectivity index (χ0n) is 9.78. The van der Waals surface area contributed by atoms with Crippen molar-refractivity contribution < 1.29 is 19.7 Å². The molecule has 0 fully saturated rings. The number of carbonyl (C=O) groups is 1. The molecule has 5 nitrogen and oxygen atoms in total. The summed E-state index contributed by atoms with van der Waals surface area (Å²) in [6.07, 6.45) is -0.174. The summed E-state index contributed by atoms with van der Waals surface area (Å²) in [6.45, 7) is -0.280. The Balaban J connectivity index is 2.39. The lowest BCUT2D eigenvalue weighted by atomic mass is 10.1. The Hall–Kier alpha value is -1.82. The molecule has 0 aliphatic heterocycles. The second-order valence-corrected chi connectivity index (χ2v) is 3.65. The van der Waals surface area contributed by atoms with Crippen LogP contribution in [0, 0.1) is 0 Å². The predicted molar refractivity (Wildman–Crippen MR) is 64.9 cm³/mol. The number of aliphatic hydroxyl groups is 1. The summed E-state index contributed by atoms with van der Waals surface area (Å²) in [6, 6.07) is 8.34. The Morgan fingerprint density at radius 1 is 1.44 bits per heavy atom. The molecule has 18 heavy (non-hydrogen) atoms. The molecule has 0 saturated heterocycles. The van der Waals surface area contributed by atoms with Crippen LogP contribution in [-0.2, 0) is 16.1 Å². The molecule has 0 saturated carbocycles. The molecule has 1 aromatic rings. The van der Waals surface area contributed by atoms with Crippen molar-refractivity contribution in [1.82, 2.24) is 0 Å². The van der Waals surface area contributed by atoms with Gasteiger partial charge in [0.15, 0.2) is 0 Å². The van der Waals surface area contributed by atoms with Crippen molar-refractivity contribution in [3.8, 4) is 0 Å². The summed E-state index contributed by atoms with van der Waals surface area (Å²) >= 11 is 0. The van der Waals surface area contributed by atoms with Gasteiger partial charge in [-0.15, -0.1) is 0 Å². The Morgan fingerprint density at radius 3 is 2.67 bits per heavy atom. The lowest BCUT2D eigenvalue weighted by Crippen LogP contribution is -2.25. The maximum Gasteiger partial charge on any atom is 0.308 e. The van der Waals surface area contributed by atoms with E-state index in [0.29, 0.717) is 0 Å². The van der Waals surface area contributed by atoms with Gasteiger partial charge in [-0.05, 0) is 5.56 Å². The van der Waals surface area contributed by atoms with Gasteiger partial charge in [-0.2, -0.15) is 0 Å². The van der Waals surface area contributed by atoms with Crippen LogP contribution < -0.4 is 5.11 Å². The molecule has 0 aromatic heterocycles. The van der Waals surface area contributed by atoms with Crippen LogP contribution in [0.2, 0.25) is 0 Å². The molecule has 94 valence electrons. The fraction of sp³-hybridized carbons (Fsp3) is 0.333. The fourth-order valence-corrected chi connectivity index (χ4v) is 1.32. The molecule has 0 aliphatic rings. The van der Waals surface area contributed by atoms with E-state index in [0.717, 1.165) is 5.56 Å². The van der Waals surface area contributed by atoms with Crippen LogP contribution in [0.5, 0.6) is 0 Å². The molecular formula is C12H13BNO4-. The maximum absolute atomic E-state index is 11.4. The van der Waals surface area contributed by atoms with Crippen molar-refractivity contribution in [2.45, 2.75) is 19.1 Å². The quantitative estimate of drug-likeness (QED) is 0.313. The molecular weight excluding hydrogens is 233 g/mol. The Bertz CT molecular complexity index is 404. The third kappa shape index (κ3) is 5.49. The molecule has 6 heteroatoms. The van der Waals surface area contributed by atoms with Gasteiger partial charge in [-0.25, -0.2) is 0 Å². The van der Waals surface area contributed by atoms with E-state index >= 15 is 0 Å². The average Bonchev–Trinajstić information content (AvgIpc) is 2.36. The number of hydrogen-bond donors (Lipinski definition) is 1. The Kier molecular flexibility index (Phi) is 5.94. The van der Waals surface area contributed by atoms with Crippen LogP contribution in [0.15, 0.2) is 35.3 Å². The van der Waals surface area contributed by atoms with Crippen molar-refractivity contribution in [3.63, 3.8) is 0 Å². The second-order valence-electron chi connectivity index (χ2n) is 3.65. The lowest BCUT2D eigenvalue weighted by Gasteiger charge is -2.13. The van der Waals surface area contributed by atoms with Crippen molar-refractivity contribution in [1.29, 1.82) is 0 Å². The van der Waals surface area contributed by atoms with Gasteiger partial charge in [0.2, 0.25) is 0 Å². The molecule has 0 spiro atoms. The third-order valence-electron chi connectivity index (χ3n) is 2.17. The van der Waals surface area contributed by atoms with Crippen LogP contribution in [0.1, 0.15) is 12.0 Å². The standard InChI is InChI=1S/C12H14BNO4/c13-12(17)14-10(7-15)6-11(16)18-8-9-4-2-1-3-5-9/h1-5,10,15H,6-8H2,(H,14,17)/p-1/t10-/m0/s1. The predicted octanol–water partition coefficient (Wildman–Crippen LogP) is -0.634. The first kappa shape index (κ1) is 14.2. The molecule has 0 aliphatic carbocycles. The molecule has 1 aromatic carbocycles. The van der Waals surface area contributed by atoms with Crippen molar-refractivity contribution in [2.24, 2.45) is 4.99 Å². The largest absolute Gasteiger partial charge is 0.870 e. The Morgan fingerprint density at radius 2 is 2.11 bits per heavy atom. The van der Waals surface area contributed by atoms with Gasteiger partial charge in [0.25, 0.3) is 0 Å². The first-order valence-electron chi connectivity index (χ1n) is 5.42. The van der Waals surface area contributed by atoms with Gasteiger partial charge in [-0.1, -0.05) is 36.1 Å². The number of rotatable bonds is 6. The molecule has 1 N–H and O–H groups in total. The minimum Gasteiger partial charge on any atom is -0.870 e. The lowest BCUT2D eigenvalue weighted by molar-refractivity contribution is -0.208. The molecule has 0 heterocycles. The highest BCUT2D eigenvalue weighted by atomic mass is 16.5. The summed E-state index contributed by atoms with van der Waals surface area (Å²) in [5.74, 6) is -1.45. The third-order valence-corrected chi connectivity index (χ3v) is 2.17. The number of aliphatic hydroxyl groups excluding tert-OH is 1. The normalized spacial score (nSPS) is 13.1. The van der Waals surface area contributed by atoms with Gasteiger partial charge in [-0.3, -0.25) is 4.79 Å². The molecule has 0 amide bonds. The van der Waals surface area contributed by atoms with E-state index in [1.165, 1.54) is 0 Å². The van der Waals surface area contributed by atoms with Gasteiger partial charge >= 0.3 is 5.97 Å². The highest BCUT2D eigenvalue weighted by Gasteiger charge is 2.12. The monoisotopic (exact) mass is 246 g/mol. The summed E-state index contributed by atoms with van der Waals surface area (Å²) in [4.78, 5) is 14.8. The summed E-state index contributed by atoms with van der Waals surface area (Å²) < 4.78 is 4.98. The minimum absolute atomic E-state index is 0.147. The highest BCUT2D eigenvalue weighted by molar-refractivity contribution is 6.55. The number of nitrogens with zero attached hydrogens (tertiary/aromatic N) is 1. The number of ether oxygens (including phenoxy) is 1. The summed E-state index contributed by atoms with van der Waals surface area (Å²) in [5.41, 5.74) is 0.859. The minimum atomic E-state index is -0.912. The topological polar surface area (TPSA) is 82.0 Å². The summed E-state index contributed by atoms with van der Waals surface area (Å²) in [5, 5.41) is 19.4. The molecule has 0 bridgehead atoms. The van der Waals surface area contributed by atoms with Crippen LogP contribution in [0.4, 0.5) is 0 Å². The van der Waals surface area contributed by atoms with E-state index in [-0.39, 0.29) is 13.0 Å². The summed E-state index contributed by atoms with van der Waals surface area (Å²) in [7, 11) is 4.84. The first-order valence-corrected chi connectivity index (χ1v) is 5.42. The number of esters is 1. The second kappa shape index (κ2) is 7.50. The number of aliphatic imine (C=N–C) groups is 1. The van der Waals surface area contributed by atoms with E-state index in [1.807, 2.05) is 30.3 Å². The van der Waals surface area contributed by atoms with Crippen LogP contribution in [-0.4, -0.2) is 37.4 Å². The number of hydrogen-bond acceptors (Lipinski definition) is 5. The smallest absolute Gasteiger partial charge is 0.308 e. The van der Waals surface area contributed by atoms with E-state index in [4.69, 9.17) is 17.7 Å². The van der Waals surface area contributed by atoms with Crippen molar-refractivity contribution in [2.75, 3.05) is 6.61 Å². The van der Waals surface area contributed by atoms with Crippen LogP contribution in [0.3, 0.4) is 0 Å². The molecule has 2 radical (unpaired) electrons. The van der Waals surface area contributed by atoms with Crippen molar-refractivity contribution in [3.05, 3.63) is 35.9 Å². The van der Waals surface area contributed by atoms with E-state index in [2.05, 4.69) is 4.99 Å². The Labute approximate surface area is 107 Å². The van der Waals surface area contributed by atoms with Gasteiger partial charge < -0.3 is 19.9 Å². The fourth-order valence-electron chi connectivity index (χ4n) is 1.32. The van der Waals surface area contributed by atoms with E-state index < -0.39 is 24.4 Å². The van der Waals surface area contributed by atoms with Gasteiger partial charge in [0.05, 0.1) is 19.1 Å². The SMILES string of the molecule is [B]C([O-])=N[C@H](CO)CC(=O)OCc1ccccc1. The van der Waals surface area contributed by atoms with Crippen LogP contribution >= 0.6 is 0 Å². The van der Waals surface area contributed by atoms with E-state index in [1.54, 1.807) is 0 Å². The molecule has 0 unspecified atom stereocenters. The van der Waals surface area contributed by atoms with Crippen molar-refractivity contribution >= 4 is 19.6 Å². The van der Waals surface area contributed by atoms with E-state index in [9.17, 15) is 9.90 Å². The molecule has 1 rings (SSSR count). The number of carbonyl (C=O) groups excluding carboxylic acids is 1. The zero-order valence-corrected chi connectivity index (χ0v) is 9.78. The van der Waals surface area contributed by atoms with Crippen LogP contribution in [0.25, 0.3) is 0 Å². The average molecular weight is 246 g/mol. The zero-order chi connectivity index (χ0) is 13.4. The maximum atomic E-state index is 11.4. The highest BCUT2D eigenvalue weighted by Crippen LogP contribution is 2.04. The first-order chi connectivity index (χ1) is 8.61. The van der Waals surface area contributed by atoms with Gasteiger partial charge in [0.1, 0.15) is 14.5 Å². The number of benzene rings is 1. The molecule has 1 atom stereocenters. The van der Waals surface area contributed by atoms with Gasteiger partial charge in [0, 0.05) is 0 Å².